The highest BCUT2D eigenvalue weighted by atomic mass is 16.3. The zero-order chi connectivity index (χ0) is 11.4. The monoisotopic (exact) mass is 224 g/mol. The van der Waals surface area contributed by atoms with Crippen LogP contribution in [0.1, 0.15) is 32.0 Å². The van der Waals surface area contributed by atoms with Crippen LogP contribution in [0.3, 0.4) is 0 Å². The minimum Gasteiger partial charge on any atom is -0.388 e. The molecule has 0 amide bonds. The van der Waals surface area contributed by atoms with Crippen LogP contribution >= 0.6 is 0 Å². The maximum Gasteiger partial charge on any atom is 0.158 e. The van der Waals surface area contributed by atoms with Crippen LogP contribution in [0.15, 0.2) is 6.33 Å². The number of aromatic nitrogens is 3. The summed E-state index contributed by atoms with van der Waals surface area (Å²) >= 11 is 0. The van der Waals surface area contributed by atoms with E-state index >= 15 is 0 Å². The van der Waals surface area contributed by atoms with E-state index in [0.717, 1.165) is 6.54 Å². The molecule has 1 N–H and O–H groups in total. The summed E-state index contributed by atoms with van der Waals surface area (Å²) in [6.07, 6.45) is 5.67. The van der Waals surface area contributed by atoms with Gasteiger partial charge in [0, 0.05) is 12.6 Å². The van der Waals surface area contributed by atoms with Crippen LogP contribution in [0.5, 0.6) is 0 Å². The van der Waals surface area contributed by atoms with Crippen LogP contribution in [0.25, 0.3) is 0 Å². The molecule has 0 bridgehead atoms. The predicted molar refractivity (Wildman–Crippen MR) is 60.8 cm³/mol. The fourth-order valence-corrected chi connectivity index (χ4v) is 2.31. The summed E-state index contributed by atoms with van der Waals surface area (Å²) in [6, 6.07) is 0.488. The van der Waals surface area contributed by atoms with Gasteiger partial charge in [0.2, 0.25) is 0 Å². The lowest BCUT2D eigenvalue weighted by molar-refractivity contribution is 0.156. The second-order valence-corrected chi connectivity index (χ2v) is 4.50. The van der Waals surface area contributed by atoms with Gasteiger partial charge in [0.25, 0.3) is 0 Å². The molecule has 1 fully saturated rings. The third-order valence-corrected chi connectivity index (χ3v) is 3.31. The summed E-state index contributed by atoms with van der Waals surface area (Å²) in [4.78, 5) is 2.50. The normalized spacial score (nSPS) is 19.9. The predicted octanol–water partition coefficient (Wildman–Crippen LogP) is 0.645. The summed E-state index contributed by atoms with van der Waals surface area (Å²) in [7, 11) is 0. The number of likely N-dealkylation sites (tertiary alicyclic amines) is 1. The molecule has 90 valence electrons. The molecule has 1 aromatic rings. The van der Waals surface area contributed by atoms with E-state index in [4.69, 9.17) is 5.11 Å². The van der Waals surface area contributed by atoms with Gasteiger partial charge in [0.1, 0.15) is 12.9 Å². The van der Waals surface area contributed by atoms with E-state index in [0.29, 0.717) is 11.9 Å². The first-order valence-corrected chi connectivity index (χ1v) is 6.03. The molecular weight excluding hydrogens is 204 g/mol. The van der Waals surface area contributed by atoms with Gasteiger partial charge in [0.05, 0.1) is 0 Å². The van der Waals surface area contributed by atoms with Gasteiger partial charge in [-0.3, -0.25) is 4.90 Å². The fraction of sp³-hybridized carbons (Fsp3) is 0.818. The minimum absolute atomic E-state index is 0.0350. The molecular formula is C11H20N4O. The first-order chi connectivity index (χ1) is 7.81. The molecule has 1 atom stereocenters. The van der Waals surface area contributed by atoms with Gasteiger partial charge in [-0.1, -0.05) is 6.42 Å². The molecule has 1 unspecified atom stereocenters. The van der Waals surface area contributed by atoms with Crippen molar-refractivity contribution in [1.82, 2.24) is 19.7 Å². The molecule has 2 rings (SSSR count). The number of nitrogens with zero attached hydrogens (tertiary/aromatic N) is 4. The average Bonchev–Trinajstić information content (AvgIpc) is 2.77. The summed E-state index contributed by atoms with van der Waals surface area (Å²) in [5.74, 6) is 0.656. The van der Waals surface area contributed by atoms with E-state index in [2.05, 4.69) is 22.0 Å². The third kappa shape index (κ3) is 2.59. The Balaban J connectivity index is 1.93. The Bertz CT molecular complexity index is 320. The van der Waals surface area contributed by atoms with Gasteiger partial charge in [-0.05, 0) is 32.9 Å². The van der Waals surface area contributed by atoms with Crippen molar-refractivity contribution < 1.29 is 5.11 Å². The summed E-state index contributed by atoms with van der Waals surface area (Å²) < 4.78 is 1.94. The number of aliphatic hydroxyl groups excluding tert-OH is 1. The molecule has 5 heteroatoms. The Morgan fingerprint density at radius 1 is 1.38 bits per heavy atom. The molecule has 5 nitrogen and oxygen atoms in total. The molecule has 1 aliphatic rings. The Morgan fingerprint density at radius 3 is 2.81 bits per heavy atom. The highest BCUT2D eigenvalue weighted by Gasteiger charge is 2.17. The van der Waals surface area contributed by atoms with Gasteiger partial charge in [-0.25, -0.2) is 0 Å². The smallest absolute Gasteiger partial charge is 0.158 e. The topological polar surface area (TPSA) is 54.2 Å². The van der Waals surface area contributed by atoms with Crippen molar-refractivity contribution in [2.24, 2.45) is 0 Å². The lowest BCUT2D eigenvalue weighted by Crippen LogP contribution is -2.39. The minimum atomic E-state index is -0.0350. The molecule has 1 aliphatic heterocycles. The standard InChI is InChI=1S/C11H20N4O/c1-10(14-5-3-2-4-6-14)7-15-9-12-13-11(15)8-16/h9-10,16H,2-8H2,1H3. The van der Waals surface area contributed by atoms with E-state index in [9.17, 15) is 0 Å². The molecule has 0 aromatic carbocycles. The van der Waals surface area contributed by atoms with E-state index in [1.54, 1.807) is 6.33 Å². The maximum atomic E-state index is 9.09. The maximum absolute atomic E-state index is 9.09. The molecule has 1 aromatic heterocycles. The van der Waals surface area contributed by atoms with E-state index in [-0.39, 0.29) is 6.61 Å². The molecule has 0 radical (unpaired) electrons. The number of piperidine rings is 1. The largest absolute Gasteiger partial charge is 0.388 e. The van der Waals surface area contributed by atoms with Gasteiger partial charge >= 0.3 is 0 Å². The number of hydrogen-bond donors (Lipinski definition) is 1. The third-order valence-electron chi connectivity index (χ3n) is 3.31. The highest BCUT2D eigenvalue weighted by molar-refractivity contribution is 4.84. The highest BCUT2D eigenvalue weighted by Crippen LogP contribution is 2.13. The van der Waals surface area contributed by atoms with Crippen LogP contribution in [0.4, 0.5) is 0 Å². The summed E-state index contributed by atoms with van der Waals surface area (Å²) in [5.41, 5.74) is 0. The SMILES string of the molecule is CC(Cn1cnnc1CO)N1CCCCC1. The molecule has 1 saturated heterocycles. The van der Waals surface area contributed by atoms with E-state index in [1.807, 2.05) is 4.57 Å². The van der Waals surface area contributed by atoms with Crippen molar-refractivity contribution in [2.45, 2.75) is 45.4 Å². The lowest BCUT2D eigenvalue weighted by Gasteiger charge is -2.32. The molecule has 0 aliphatic carbocycles. The van der Waals surface area contributed by atoms with E-state index in [1.165, 1.54) is 32.4 Å². The van der Waals surface area contributed by atoms with Gasteiger partial charge in [-0.2, -0.15) is 0 Å². The van der Waals surface area contributed by atoms with Crippen molar-refractivity contribution in [3.05, 3.63) is 12.2 Å². The Morgan fingerprint density at radius 2 is 2.12 bits per heavy atom. The van der Waals surface area contributed by atoms with E-state index < -0.39 is 0 Å². The second-order valence-electron chi connectivity index (χ2n) is 4.50. The van der Waals surface area contributed by atoms with Crippen molar-refractivity contribution in [3.8, 4) is 0 Å². The molecule has 0 spiro atoms. The number of rotatable bonds is 4. The van der Waals surface area contributed by atoms with Crippen LogP contribution in [0.2, 0.25) is 0 Å². The second kappa shape index (κ2) is 5.41. The zero-order valence-corrected chi connectivity index (χ0v) is 9.84. The fourth-order valence-electron chi connectivity index (χ4n) is 2.31. The lowest BCUT2D eigenvalue weighted by atomic mass is 10.1. The first kappa shape index (κ1) is 11.5. The zero-order valence-electron chi connectivity index (χ0n) is 9.84. The first-order valence-electron chi connectivity index (χ1n) is 6.03. The van der Waals surface area contributed by atoms with Crippen LogP contribution in [0, 0.1) is 0 Å². The van der Waals surface area contributed by atoms with Crippen molar-refractivity contribution in [3.63, 3.8) is 0 Å². The van der Waals surface area contributed by atoms with Crippen LogP contribution in [-0.4, -0.2) is 43.9 Å². The van der Waals surface area contributed by atoms with Crippen molar-refractivity contribution in [2.75, 3.05) is 13.1 Å². The summed E-state index contributed by atoms with van der Waals surface area (Å²) in [6.45, 7) is 5.44. The van der Waals surface area contributed by atoms with Crippen molar-refractivity contribution >= 4 is 0 Å². The molecule has 16 heavy (non-hydrogen) atoms. The molecule has 2 heterocycles. The van der Waals surface area contributed by atoms with Crippen molar-refractivity contribution in [1.29, 1.82) is 0 Å². The molecule has 0 saturated carbocycles. The van der Waals surface area contributed by atoms with Crippen LogP contribution in [-0.2, 0) is 13.2 Å². The van der Waals surface area contributed by atoms with Gasteiger partial charge in [-0.15, -0.1) is 10.2 Å². The van der Waals surface area contributed by atoms with Gasteiger partial charge < -0.3 is 9.67 Å². The Kier molecular flexibility index (Phi) is 3.90. The summed E-state index contributed by atoms with van der Waals surface area (Å²) in [5, 5.41) is 16.8. The Hall–Kier alpha value is -0.940. The quantitative estimate of drug-likeness (QED) is 0.815. The number of hydrogen-bond acceptors (Lipinski definition) is 4. The van der Waals surface area contributed by atoms with Gasteiger partial charge in [0.15, 0.2) is 5.82 Å². The number of aliphatic hydroxyl groups is 1. The van der Waals surface area contributed by atoms with Crippen LogP contribution < -0.4 is 0 Å². The average molecular weight is 224 g/mol. The Labute approximate surface area is 96.1 Å².